The molecule has 30 aliphatic rings. The third kappa shape index (κ3) is 18.6. The summed E-state index contributed by atoms with van der Waals surface area (Å²) in [4.78, 5) is 24.3. The molecule has 0 aliphatic carbocycles. The van der Waals surface area contributed by atoms with Crippen molar-refractivity contribution in [3.05, 3.63) is 59.7 Å². The van der Waals surface area contributed by atoms with Gasteiger partial charge in [-0.1, -0.05) is 30.3 Å². The van der Waals surface area contributed by atoms with Crippen LogP contribution in [0, 0.1) is 0 Å². The van der Waals surface area contributed by atoms with Crippen molar-refractivity contribution in [1.82, 2.24) is 0 Å². The number of carbonyl (C=O) groups excluding carboxylic acids is 2. The largest absolute Gasteiger partial charge is 1.00 e. The Kier molecular flexibility index (Phi) is 32.2. The van der Waals surface area contributed by atoms with E-state index in [1.165, 1.54) is 36.4 Å². The maximum atomic E-state index is 12.2. The van der Waals surface area contributed by atoms with Gasteiger partial charge in [-0.15, -0.1) is 0 Å². The molecule has 108 heavy (non-hydrogen) atoms. The number of para-hydroxylation sites is 2. The van der Waals surface area contributed by atoms with Gasteiger partial charge in [0.15, 0.2) is 50.3 Å². The normalized spacial score (nSPS) is 46.9. The average molecular weight is 1580 g/mol. The van der Waals surface area contributed by atoms with Gasteiger partial charge in [0.25, 0.3) is 0 Å². The summed E-state index contributed by atoms with van der Waals surface area (Å²) in [7, 11) is 0. The van der Waals surface area contributed by atoms with Crippen LogP contribution < -0.4 is 79.4 Å². The van der Waals surface area contributed by atoms with Crippen LogP contribution in [-0.4, -0.2) is 423 Å². The molecule has 30 heterocycles. The summed E-state index contributed by atoms with van der Waals surface area (Å²) in [5.41, 5.74) is -1.07. The van der Waals surface area contributed by atoms with Crippen LogP contribution in [0.2, 0.25) is 0 Å². The van der Waals surface area contributed by atoms with Crippen molar-refractivity contribution in [2.24, 2.45) is 0 Å². The molecule has 0 unspecified atom stereocenters. The van der Waals surface area contributed by atoms with E-state index in [4.69, 9.17) is 80.5 Å². The third-order valence-electron chi connectivity index (χ3n) is 19.7. The molecule has 2 aromatic rings. The second-order valence-corrected chi connectivity index (χ2v) is 26.4. The molecule has 23 N–H and O–H groups in total. The number of carboxylic acid groups (broad SMARTS) is 2. The number of carbonyl (C=O) groups is 2. The standard InChI is InChI=1S/C62H89NO43.2Na/c64-10-22-46-31(72)39(80)57(93-22)104-50-26(14-68)97-61(43(84)35(50)76)106-52-28(16-90-20-8-4-2-6-18(20)54(88)89)98-62(44(85)36(52)77)105-51-27(15-69)96-60(42(83)34(51)75)103-49-25(13-67)95-59(41(82)33(49)74)102-48-24(12-66)94-58(40(81)32(48)73)101-47-23(11-65)92-56(38(79)30(47)71)99-45-21(91-55(100-46)37(78)29(45)70)9-63-19-7-3-1-5-17(19)53(86)87;;/h1-8,21-52,55-85H,9-16H2,(H,86,87)(H,88,89);;/q;2*+1/p-2/t21-,22+,23-,24-,25-,26+,27+,28+,29+,30+,31+,32+,33+,34+,35+,36+,37+,38+,39+,40+,41+,42+,43-,44+,45+,46+,47+,48+,49+,50+,51+,52+,55+,56+,57+,58+,59+,60+,61+,62+;;/m0../s1. The van der Waals surface area contributed by atoms with Gasteiger partial charge in [-0.3, -0.25) is 0 Å². The van der Waals surface area contributed by atoms with Crippen molar-refractivity contribution >= 4 is 17.6 Å². The van der Waals surface area contributed by atoms with Gasteiger partial charge in [-0.2, -0.15) is 0 Å². The van der Waals surface area contributed by atoms with Crippen LogP contribution in [0.15, 0.2) is 48.5 Å². The van der Waals surface area contributed by atoms with Crippen LogP contribution in [0.4, 0.5) is 5.69 Å². The molecule has 0 amide bonds. The molecule has 30 aliphatic heterocycles. The molecule has 0 saturated carbocycles. The summed E-state index contributed by atoms with van der Waals surface area (Å²) < 4.78 is 99.6. The van der Waals surface area contributed by atoms with Gasteiger partial charge < -0.3 is 218 Å². The zero-order valence-electron chi connectivity index (χ0n) is 57.3. The molecule has 16 bridgehead atoms. The molecule has 44 nitrogen and oxygen atoms in total. The molecule has 0 aromatic heterocycles. The van der Waals surface area contributed by atoms with Gasteiger partial charge in [0.2, 0.25) is 0 Å². The number of aliphatic hydroxyl groups excluding tert-OH is 22. The van der Waals surface area contributed by atoms with E-state index in [1.807, 2.05) is 0 Å². The van der Waals surface area contributed by atoms with E-state index in [0.29, 0.717) is 0 Å². The quantitative estimate of drug-likeness (QED) is 0.0781. The molecule has 0 radical (unpaired) electrons. The molecule has 0 spiro atoms. The molecule has 30 saturated heterocycles. The summed E-state index contributed by atoms with van der Waals surface area (Å²) in [6.07, 6.45) is -85.3. The number of rotatable bonds is 14. The SMILES string of the molecule is O=C([O-])c1ccccc1NC[C@@H]1O[C@@H]2O[C@H]3[C@H](O)[C@@H](O)[C@@H](O[C@H]4[C@H](O)[C@H](O)[C@@H](O[C@H]5[C@H](O)[C@@H](O)[C@@H](O[C@H]6[C@H](O)[C@@H](O)[C@@H](O[C@H]7[C@H](O)[C@@H](O)[C@@H](O[C@H]8[C@H](O)[C@@H](O)[C@@H](O[C@H]9[C@H](O)[C@@H](O)[C@@H](O[C@H]1[C@H](O)[C@H]2O)O[C@H]9CO)O[C@H]8CO)O[C@H]7CO)O[C@@H]6CO)O[C@@H]5COc1ccccc1C(=O)[O-])O[C@@H]4CO)O[C@@H]3CO.[Na+].[Na+]. The second kappa shape index (κ2) is 38.9. The first-order valence-corrected chi connectivity index (χ1v) is 33.6. The number of ether oxygens (including phenoxy) is 17. The second-order valence-electron chi connectivity index (χ2n) is 26.4. The Morgan fingerprint density at radius 1 is 0.296 bits per heavy atom. The summed E-state index contributed by atoms with van der Waals surface area (Å²) in [6.45, 7) is -8.38. The van der Waals surface area contributed by atoms with Gasteiger partial charge >= 0.3 is 59.1 Å². The number of aliphatic hydroxyl groups is 22. The van der Waals surface area contributed by atoms with E-state index in [-0.39, 0.29) is 70.6 Å². The number of nitrogens with one attached hydrogen (secondary N) is 1. The summed E-state index contributed by atoms with van der Waals surface area (Å²) in [5, 5.41) is 278. The van der Waals surface area contributed by atoms with Crippen molar-refractivity contribution in [2.45, 2.75) is 246 Å². The molecule has 46 heteroatoms. The predicted octanol–water partition coefficient (Wildman–Crippen LogP) is -22.5. The van der Waals surface area contributed by atoms with Crippen LogP contribution in [0.3, 0.4) is 0 Å². The first-order valence-electron chi connectivity index (χ1n) is 33.6. The fourth-order valence-corrected chi connectivity index (χ4v) is 13.9. The Hall–Kier alpha value is -2.54. The van der Waals surface area contributed by atoms with Gasteiger partial charge in [0.1, 0.15) is 208 Å². The minimum absolute atomic E-state index is 0. The van der Waals surface area contributed by atoms with Crippen molar-refractivity contribution in [2.75, 3.05) is 58.1 Å². The Balaban J connectivity index is 0.00000673. The van der Waals surface area contributed by atoms with Gasteiger partial charge in [0, 0.05) is 23.4 Å². The molecule has 32 rings (SSSR count). The third-order valence-corrected chi connectivity index (χ3v) is 19.7. The summed E-state index contributed by atoms with van der Waals surface area (Å²) in [6, 6.07) is 10.1. The molecule has 2 aromatic carbocycles. The van der Waals surface area contributed by atoms with Gasteiger partial charge in [-0.05, 0) is 18.2 Å². The van der Waals surface area contributed by atoms with E-state index in [2.05, 4.69) is 5.32 Å². The van der Waals surface area contributed by atoms with Crippen LogP contribution >= 0.6 is 0 Å². The zero-order valence-corrected chi connectivity index (χ0v) is 61.3. The monoisotopic (exact) mass is 1580 g/mol. The Bertz CT molecular complexity index is 3090. The molecule has 30 fully saturated rings. The number of hydrogen-bond acceptors (Lipinski definition) is 44. The van der Waals surface area contributed by atoms with Crippen LogP contribution in [0.5, 0.6) is 5.75 Å². The van der Waals surface area contributed by atoms with Crippen molar-refractivity contribution in [3.8, 4) is 5.75 Å². The summed E-state index contributed by atoms with van der Waals surface area (Å²) >= 11 is 0. The smallest absolute Gasteiger partial charge is 0.545 e. The minimum Gasteiger partial charge on any atom is -0.545 e. The van der Waals surface area contributed by atoms with Gasteiger partial charge in [0.05, 0.1) is 51.6 Å². The van der Waals surface area contributed by atoms with Crippen LogP contribution in [0.1, 0.15) is 20.7 Å². The van der Waals surface area contributed by atoms with Crippen LogP contribution in [-0.2, 0) is 75.8 Å². The molecule has 40 atom stereocenters. The summed E-state index contributed by atoms with van der Waals surface area (Å²) in [5.74, 6) is -3.79. The fraction of sp³-hybridized carbons (Fsp3) is 0.774. The van der Waals surface area contributed by atoms with E-state index in [9.17, 15) is 132 Å². The van der Waals surface area contributed by atoms with Crippen molar-refractivity contribution in [1.29, 1.82) is 0 Å². The Morgan fingerprint density at radius 2 is 0.509 bits per heavy atom. The van der Waals surface area contributed by atoms with E-state index >= 15 is 0 Å². The maximum absolute atomic E-state index is 12.2. The van der Waals surface area contributed by atoms with E-state index < -0.39 is 322 Å². The Labute approximate surface area is 654 Å². The number of carboxylic acids is 2. The molecular weight excluding hydrogens is 1490 g/mol. The topological polar surface area (TPSA) is 694 Å². The van der Waals surface area contributed by atoms with Crippen molar-refractivity contribution in [3.63, 3.8) is 0 Å². The van der Waals surface area contributed by atoms with E-state index in [0.717, 1.165) is 12.1 Å². The Morgan fingerprint density at radius 3 is 0.769 bits per heavy atom. The average Bonchev–Trinajstić information content (AvgIpc) is 0.774. The zero-order chi connectivity index (χ0) is 76.6. The minimum atomic E-state index is -2.36. The maximum Gasteiger partial charge on any atom is 1.00 e. The van der Waals surface area contributed by atoms with E-state index in [1.54, 1.807) is 0 Å². The predicted molar refractivity (Wildman–Crippen MR) is 322 cm³/mol. The number of benzene rings is 2. The molecule has 600 valence electrons. The number of hydrogen-bond donors (Lipinski definition) is 23. The van der Waals surface area contributed by atoms with Gasteiger partial charge in [-0.25, -0.2) is 0 Å². The fourth-order valence-electron chi connectivity index (χ4n) is 13.9. The number of aromatic carboxylic acids is 2. The van der Waals surface area contributed by atoms with Crippen molar-refractivity contribution < 1.29 is 272 Å². The number of anilines is 1. The first kappa shape index (κ1) is 89.4. The molecular formula is C62H87NNa2O43. The van der Waals surface area contributed by atoms with Crippen LogP contribution in [0.25, 0.3) is 0 Å². The first-order chi connectivity index (χ1) is 50.6.